The molecule has 0 radical (unpaired) electrons. The van der Waals surface area contributed by atoms with Crippen LogP contribution in [0.1, 0.15) is 48.7 Å². The fraction of sp³-hybridized carbons (Fsp3) is 0.476. The Labute approximate surface area is 155 Å². The lowest BCUT2D eigenvalue weighted by molar-refractivity contribution is -0.135. The number of hydrogen-bond acceptors (Lipinski definition) is 3. The first-order valence-electron chi connectivity index (χ1n) is 9.19. The van der Waals surface area contributed by atoms with Gasteiger partial charge in [-0.15, -0.1) is 11.3 Å². The van der Waals surface area contributed by atoms with E-state index in [-0.39, 0.29) is 17.9 Å². The lowest BCUT2D eigenvalue weighted by atomic mass is 9.98. The molecule has 2 aromatic rings. The Morgan fingerprint density at radius 3 is 2.56 bits per heavy atom. The fourth-order valence-corrected chi connectivity index (χ4v) is 4.33. The summed E-state index contributed by atoms with van der Waals surface area (Å²) in [7, 11) is 0. The van der Waals surface area contributed by atoms with Crippen LogP contribution in [0.3, 0.4) is 0 Å². The first-order valence-corrected chi connectivity index (χ1v) is 10.1. The monoisotopic (exact) mass is 356 g/mol. The smallest absolute Gasteiger partial charge is 0.225 e. The Morgan fingerprint density at radius 1 is 1.20 bits per heavy atom. The lowest BCUT2D eigenvalue weighted by Crippen LogP contribution is -2.47. The zero-order valence-electron chi connectivity index (χ0n) is 15.4. The molecule has 3 nitrogen and oxygen atoms in total. The van der Waals surface area contributed by atoms with Gasteiger partial charge in [0.25, 0.3) is 0 Å². The van der Waals surface area contributed by atoms with Crippen molar-refractivity contribution in [3.05, 3.63) is 57.8 Å². The summed E-state index contributed by atoms with van der Waals surface area (Å²) in [5.74, 6) is 0.377. The summed E-state index contributed by atoms with van der Waals surface area (Å²) in [6.07, 6.45) is 2.04. The largest absolute Gasteiger partial charge is 0.342 e. The van der Waals surface area contributed by atoms with Crippen LogP contribution in [0.2, 0.25) is 0 Å². The molecule has 0 bridgehead atoms. The van der Waals surface area contributed by atoms with Gasteiger partial charge >= 0.3 is 0 Å². The van der Waals surface area contributed by atoms with Crippen molar-refractivity contribution in [2.45, 2.75) is 45.7 Å². The summed E-state index contributed by atoms with van der Waals surface area (Å²) in [5, 5.41) is 6.01. The topological polar surface area (TPSA) is 32.3 Å². The minimum absolute atomic E-state index is 0.0932. The molecule has 1 N–H and O–H groups in total. The Balaban J connectivity index is 1.69. The molecule has 1 aliphatic rings. The molecule has 0 spiro atoms. The number of aryl methyl sites for hydroxylation is 1. The molecule has 0 unspecified atom stereocenters. The van der Waals surface area contributed by atoms with Gasteiger partial charge in [0.05, 0.1) is 6.04 Å². The molecule has 1 saturated heterocycles. The number of benzene rings is 1. The Kier molecular flexibility index (Phi) is 5.92. The molecule has 134 valence electrons. The first kappa shape index (κ1) is 18.2. The molecule has 1 aromatic carbocycles. The van der Waals surface area contributed by atoms with Gasteiger partial charge in [-0.3, -0.25) is 4.79 Å². The maximum atomic E-state index is 12.2. The van der Waals surface area contributed by atoms with E-state index in [1.165, 1.54) is 16.0 Å². The van der Waals surface area contributed by atoms with Crippen LogP contribution in [0.25, 0.3) is 0 Å². The highest BCUT2D eigenvalue weighted by Crippen LogP contribution is 2.28. The van der Waals surface area contributed by atoms with Gasteiger partial charge in [-0.25, -0.2) is 0 Å². The molecule has 1 atom stereocenters. The van der Waals surface area contributed by atoms with Crippen molar-refractivity contribution < 1.29 is 4.79 Å². The van der Waals surface area contributed by atoms with Crippen LogP contribution in [0.15, 0.2) is 41.8 Å². The predicted octanol–water partition coefficient (Wildman–Crippen LogP) is 4.38. The highest BCUT2D eigenvalue weighted by Gasteiger charge is 2.26. The molecular formula is C21H28N2OS. The fourth-order valence-electron chi connectivity index (χ4n) is 3.52. The van der Waals surface area contributed by atoms with E-state index >= 15 is 0 Å². The van der Waals surface area contributed by atoms with Crippen LogP contribution in [0.5, 0.6) is 0 Å². The summed E-state index contributed by atoms with van der Waals surface area (Å²) >= 11 is 1.80. The molecule has 1 aliphatic heterocycles. The van der Waals surface area contributed by atoms with E-state index < -0.39 is 0 Å². The number of nitrogens with one attached hydrogen (secondary N) is 1. The number of thiophene rings is 1. The zero-order chi connectivity index (χ0) is 17.8. The van der Waals surface area contributed by atoms with Crippen LogP contribution >= 0.6 is 11.3 Å². The van der Waals surface area contributed by atoms with E-state index in [4.69, 9.17) is 0 Å². The Morgan fingerprint density at radius 2 is 1.96 bits per heavy atom. The van der Waals surface area contributed by atoms with Gasteiger partial charge in [-0.1, -0.05) is 49.7 Å². The first-order chi connectivity index (χ1) is 12.0. The van der Waals surface area contributed by atoms with Crippen molar-refractivity contribution in [1.29, 1.82) is 0 Å². The molecule has 2 heterocycles. The summed E-state index contributed by atoms with van der Waals surface area (Å²) in [4.78, 5) is 15.6. The number of carbonyl (C=O) groups excluding carboxylic acids is 1. The summed E-state index contributed by atoms with van der Waals surface area (Å²) in [6, 6.07) is 13.8. The SMILES string of the molecule is Cc1cccc([C@@H](NC2CCN(C(=O)C(C)C)CC2)c2cccs2)c1. The molecule has 1 aromatic heterocycles. The highest BCUT2D eigenvalue weighted by molar-refractivity contribution is 7.10. The summed E-state index contributed by atoms with van der Waals surface area (Å²) < 4.78 is 0. The molecule has 1 amide bonds. The van der Waals surface area contributed by atoms with E-state index in [1.54, 1.807) is 11.3 Å². The van der Waals surface area contributed by atoms with E-state index in [1.807, 2.05) is 18.7 Å². The van der Waals surface area contributed by atoms with Crippen LogP contribution in [0.4, 0.5) is 0 Å². The van der Waals surface area contributed by atoms with Crippen LogP contribution in [-0.4, -0.2) is 29.9 Å². The highest BCUT2D eigenvalue weighted by atomic mass is 32.1. The van der Waals surface area contributed by atoms with Crippen LogP contribution in [-0.2, 0) is 4.79 Å². The normalized spacial score (nSPS) is 17.0. The molecule has 0 aliphatic carbocycles. The van der Waals surface area contributed by atoms with Crippen molar-refractivity contribution in [1.82, 2.24) is 10.2 Å². The van der Waals surface area contributed by atoms with E-state index in [2.05, 4.69) is 54.0 Å². The van der Waals surface area contributed by atoms with E-state index in [9.17, 15) is 4.79 Å². The number of rotatable bonds is 5. The second-order valence-corrected chi connectivity index (χ2v) is 8.26. The average Bonchev–Trinajstić information content (AvgIpc) is 3.13. The van der Waals surface area contributed by atoms with Crippen molar-refractivity contribution >= 4 is 17.2 Å². The van der Waals surface area contributed by atoms with Crippen molar-refractivity contribution in [3.8, 4) is 0 Å². The molecule has 3 rings (SSSR count). The number of hydrogen-bond donors (Lipinski definition) is 1. The quantitative estimate of drug-likeness (QED) is 0.862. The maximum absolute atomic E-state index is 12.2. The van der Waals surface area contributed by atoms with Crippen molar-refractivity contribution in [3.63, 3.8) is 0 Å². The number of carbonyl (C=O) groups is 1. The van der Waals surface area contributed by atoms with Gasteiger partial charge in [0, 0.05) is 29.9 Å². The predicted molar refractivity (Wildman–Crippen MR) is 105 cm³/mol. The van der Waals surface area contributed by atoms with Gasteiger partial charge in [-0.2, -0.15) is 0 Å². The second-order valence-electron chi connectivity index (χ2n) is 7.28. The molecule has 1 fully saturated rings. The number of amides is 1. The molecule has 0 saturated carbocycles. The van der Waals surface area contributed by atoms with Crippen molar-refractivity contribution in [2.75, 3.05) is 13.1 Å². The van der Waals surface area contributed by atoms with Gasteiger partial charge in [-0.05, 0) is 36.8 Å². The minimum Gasteiger partial charge on any atom is -0.342 e. The maximum Gasteiger partial charge on any atom is 0.225 e. The van der Waals surface area contributed by atoms with Gasteiger partial charge < -0.3 is 10.2 Å². The molecular weight excluding hydrogens is 328 g/mol. The standard InChI is InChI=1S/C21H28N2OS/c1-15(2)21(24)23-11-9-18(10-12-23)22-20(19-8-5-13-25-19)17-7-4-6-16(3)14-17/h4-8,13-15,18,20,22H,9-12H2,1-3H3/t20-/m1/s1. The van der Waals surface area contributed by atoms with Crippen molar-refractivity contribution in [2.24, 2.45) is 5.92 Å². The third-order valence-corrected chi connectivity index (χ3v) is 5.84. The third-order valence-electron chi connectivity index (χ3n) is 4.91. The van der Waals surface area contributed by atoms with Gasteiger partial charge in [0.15, 0.2) is 0 Å². The van der Waals surface area contributed by atoms with Crippen LogP contribution in [0, 0.1) is 12.8 Å². The summed E-state index contributed by atoms with van der Waals surface area (Å²) in [5.41, 5.74) is 2.61. The second kappa shape index (κ2) is 8.15. The number of piperidine rings is 1. The Bertz CT molecular complexity index is 688. The Hall–Kier alpha value is -1.65. The summed E-state index contributed by atoms with van der Waals surface area (Å²) in [6.45, 7) is 7.83. The lowest BCUT2D eigenvalue weighted by Gasteiger charge is -2.35. The minimum atomic E-state index is 0.0932. The molecule has 25 heavy (non-hydrogen) atoms. The van der Waals surface area contributed by atoms with Gasteiger partial charge in [0.1, 0.15) is 0 Å². The zero-order valence-corrected chi connectivity index (χ0v) is 16.2. The van der Waals surface area contributed by atoms with E-state index in [0.717, 1.165) is 25.9 Å². The van der Waals surface area contributed by atoms with E-state index in [0.29, 0.717) is 6.04 Å². The number of nitrogens with zero attached hydrogens (tertiary/aromatic N) is 1. The van der Waals surface area contributed by atoms with Gasteiger partial charge in [0.2, 0.25) is 5.91 Å². The number of likely N-dealkylation sites (tertiary alicyclic amines) is 1. The molecule has 4 heteroatoms. The van der Waals surface area contributed by atoms with Crippen LogP contribution < -0.4 is 5.32 Å². The third kappa shape index (κ3) is 4.50. The average molecular weight is 357 g/mol.